The second-order valence-electron chi connectivity index (χ2n) is 4.86. The smallest absolute Gasteiger partial charge is 0.285 e. The molecule has 0 saturated carbocycles. The first-order valence-electron chi connectivity index (χ1n) is 6.51. The lowest BCUT2D eigenvalue weighted by Crippen LogP contribution is -2.18. The van der Waals surface area contributed by atoms with Gasteiger partial charge in [0.15, 0.2) is 5.65 Å². The van der Waals surface area contributed by atoms with E-state index in [1.54, 1.807) is 12.3 Å². The van der Waals surface area contributed by atoms with Crippen LogP contribution in [0.1, 0.15) is 0 Å². The maximum Gasteiger partial charge on any atom is 0.285 e. The quantitative estimate of drug-likeness (QED) is 0.525. The first-order valence-corrected chi connectivity index (χ1v) is 6.51. The van der Waals surface area contributed by atoms with Gasteiger partial charge in [-0.2, -0.15) is 0 Å². The van der Waals surface area contributed by atoms with E-state index in [0.29, 0.717) is 4.73 Å². The highest BCUT2D eigenvalue weighted by atomic mass is 16.5. The van der Waals surface area contributed by atoms with Gasteiger partial charge >= 0.3 is 0 Å². The van der Waals surface area contributed by atoms with Gasteiger partial charge in [0.05, 0.1) is 0 Å². The Labute approximate surface area is 119 Å². The third-order valence-corrected chi connectivity index (χ3v) is 3.62. The standard InChI is InChI=1S/C16H11N3O2/c20-15-9-13(12-2-1-6-18-16(12)19(15)21)11-4-3-10-5-7-17-14(10)8-11/h1-9,17,21H. The topological polar surface area (TPSA) is 70.9 Å². The lowest BCUT2D eigenvalue weighted by molar-refractivity contribution is 0.187. The predicted octanol–water partition coefficient (Wildman–Crippen LogP) is 2.78. The Balaban J connectivity index is 2.10. The minimum atomic E-state index is -0.497. The number of aromatic nitrogens is 3. The zero-order valence-electron chi connectivity index (χ0n) is 10.9. The fourth-order valence-electron chi connectivity index (χ4n) is 2.60. The Morgan fingerprint density at radius 1 is 1.14 bits per heavy atom. The van der Waals surface area contributed by atoms with Crippen LogP contribution in [0.15, 0.2) is 59.7 Å². The Morgan fingerprint density at radius 3 is 2.95 bits per heavy atom. The number of rotatable bonds is 1. The molecule has 5 nitrogen and oxygen atoms in total. The summed E-state index contributed by atoms with van der Waals surface area (Å²) in [5.74, 6) is 0. The van der Waals surface area contributed by atoms with Crippen molar-refractivity contribution < 1.29 is 5.21 Å². The maximum atomic E-state index is 11.9. The Morgan fingerprint density at radius 2 is 2.05 bits per heavy atom. The van der Waals surface area contributed by atoms with Crippen LogP contribution in [-0.2, 0) is 0 Å². The van der Waals surface area contributed by atoms with E-state index in [2.05, 4.69) is 9.97 Å². The molecule has 0 radical (unpaired) electrons. The van der Waals surface area contributed by atoms with E-state index in [0.717, 1.165) is 27.4 Å². The molecule has 3 aromatic heterocycles. The van der Waals surface area contributed by atoms with Crippen molar-refractivity contribution >= 4 is 21.9 Å². The Kier molecular flexibility index (Phi) is 2.35. The lowest BCUT2D eigenvalue weighted by Gasteiger charge is -2.08. The summed E-state index contributed by atoms with van der Waals surface area (Å²) in [4.78, 5) is 19.1. The van der Waals surface area contributed by atoms with Gasteiger partial charge in [-0.1, -0.05) is 12.1 Å². The summed E-state index contributed by atoms with van der Waals surface area (Å²) >= 11 is 0. The zero-order valence-corrected chi connectivity index (χ0v) is 10.9. The molecular weight excluding hydrogens is 266 g/mol. The van der Waals surface area contributed by atoms with Gasteiger partial charge in [0.1, 0.15) is 0 Å². The second-order valence-corrected chi connectivity index (χ2v) is 4.86. The normalized spacial score (nSPS) is 11.2. The fourth-order valence-corrected chi connectivity index (χ4v) is 2.60. The van der Waals surface area contributed by atoms with Crippen LogP contribution in [0.25, 0.3) is 33.1 Å². The number of nitrogens with zero attached hydrogens (tertiary/aromatic N) is 2. The molecule has 0 saturated heterocycles. The van der Waals surface area contributed by atoms with E-state index in [-0.39, 0.29) is 5.65 Å². The Hall–Kier alpha value is -3.08. The van der Waals surface area contributed by atoms with Gasteiger partial charge in [-0.3, -0.25) is 4.79 Å². The van der Waals surface area contributed by atoms with E-state index in [1.165, 1.54) is 6.07 Å². The maximum absolute atomic E-state index is 11.9. The molecule has 4 aromatic rings. The third-order valence-electron chi connectivity index (χ3n) is 3.62. The van der Waals surface area contributed by atoms with Crippen LogP contribution in [0.3, 0.4) is 0 Å². The highest BCUT2D eigenvalue weighted by molar-refractivity contribution is 5.95. The van der Waals surface area contributed by atoms with Gasteiger partial charge in [-0.25, -0.2) is 4.98 Å². The van der Waals surface area contributed by atoms with Crippen LogP contribution in [0.2, 0.25) is 0 Å². The molecule has 21 heavy (non-hydrogen) atoms. The van der Waals surface area contributed by atoms with Gasteiger partial charge in [0.2, 0.25) is 0 Å². The molecule has 0 aliphatic rings. The zero-order chi connectivity index (χ0) is 14.4. The van der Waals surface area contributed by atoms with Crippen molar-refractivity contribution in [3.05, 3.63) is 65.2 Å². The molecule has 5 heteroatoms. The highest BCUT2D eigenvalue weighted by Gasteiger charge is 2.11. The van der Waals surface area contributed by atoms with Crippen LogP contribution in [0.4, 0.5) is 0 Å². The number of fused-ring (bicyclic) bond motifs is 2. The van der Waals surface area contributed by atoms with Crippen molar-refractivity contribution in [3.8, 4) is 11.1 Å². The number of hydrogen-bond acceptors (Lipinski definition) is 3. The summed E-state index contributed by atoms with van der Waals surface area (Å²) in [6.45, 7) is 0. The minimum Gasteiger partial charge on any atom is -0.423 e. The van der Waals surface area contributed by atoms with Gasteiger partial charge in [0.25, 0.3) is 5.56 Å². The molecule has 3 heterocycles. The second kappa shape index (κ2) is 4.21. The summed E-state index contributed by atoms with van der Waals surface area (Å²) in [6, 6.07) is 13.0. The van der Waals surface area contributed by atoms with Crippen molar-refractivity contribution in [1.29, 1.82) is 0 Å². The van der Waals surface area contributed by atoms with Gasteiger partial charge in [0, 0.05) is 29.4 Å². The number of H-pyrrole nitrogens is 1. The number of benzene rings is 1. The average Bonchev–Trinajstić information content (AvgIpc) is 2.98. The van der Waals surface area contributed by atoms with Crippen molar-refractivity contribution in [2.24, 2.45) is 0 Å². The van der Waals surface area contributed by atoms with Crippen LogP contribution in [-0.4, -0.2) is 19.9 Å². The van der Waals surface area contributed by atoms with E-state index >= 15 is 0 Å². The van der Waals surface area contributed by atoms with Crippen LogP contribution >= 0.6 is 0 Å². The van der Waals surface area contributed by atoms with Crippen molar-refractivity contribution in [1.82, 2.24) is 14.7 Å². The first kappa shape index (κ1) is 11.7. The van der Waals surface area contributed by atoms with E-state index in [4.69, 9.17) is 0 Å². The predicted molar refractivity (Wildman–Crippen MR) is 80.5 cm³/mol. The third kappa shape index (κ3) is 1.71. The molecule has 0 aliphatic heterocycles. The largest absolute Gasteiger partial charge is 0.423 e. The van der Waals surface area contributed by atoms with E-state index < -0.39 is 5.56 Å². The number of pyridine rings is 2. The molecule has 102 valence electrons. The number of nitrogens with one attached hydrogen (secondary N) is 1. The summed E-state index contributed by atoms with van der Waals surface area (Å²) in [5, 5.41) is 11.6. The van der Waals surface area contributed by atoms with Crippen LogP contribution < -0.4 is 5.56 Å². The van der Waals surface area contributed by atoms with Gasteiger partial charge in [-0.05, 0) is 40.8 Å². The van der Waals surface area contributed by atoms with E-state index in [9.17, 15) is 10.0 Å². The molecule has 4 rings (SSSR count). The number of aromatic amines is 1. The average molecular weight is 277 g/mol. The highest BCUT2D eigenvalue weighted by Crippen LogP contribution is 2.28. The molecule has 0 atom stereocenters. The molecule has 0 unspecified atom stereocenters. The Bertz CT molecular complexity index is 1030. The molecule has 0 aliphatic carbocycles. The fraction of sp³-hybridized carbons (Fsp3) is 0. The molecule has 0 amide bonds. The van der Waals surface area contributed by atoms with Gasteiger partial charge < -0.3 is 10.2 Å². The van der Waals surface area contributed by atoms with Crippen molar-refractivity contribution in [3.63, 3.8) is 0 Å². The summed E-state index contributed by atoms with van der Waals surface area (Å²) < 4.78 is 0.575. The molecule has 2 N–H and O–H groups in total. The van der Waals surface area contributed by atoms with Crippen molar-refractivity contribution in [2.75, 3.05) is 0 Å². The molecule has 0 spiro atoms. The summed E-state index contributed by atoms with van der Waals surface area (Å²) in [5.41, 5.74) is 2.41. The molecule has 1 aromatic carbocycles. The summed E-state index contributed by atoms with van der Waals surface area (Å²) in [6.07, 6.45) is 3.42. The van der Waals surface area contributed by atoms with Crippen LogP contribution in [0, 0.1) is 0 Å². The van der Waals surface area contributed by atoms with E-state index in [1.807, 2.05) is 36.5 Å². The minimum absolute atomic E-state index is 0.256. The molecule has 0 fully saturated rings. The van der Waals surface area contributed by atoms with Crippen LogP contribution in [0.5, 0.6) is 0 Å². The first-order chi connectivity index (χ1) is 10.2. The lowest BCUT2D eigenvalue weighted by atomic mass is 10.0. The monoisotopic (exact) mass is 277 g/mol. The molecule has 0 bridgehead atoms. The molecular formula is C16H11N3O2. The van der Waals surface area contributed by atoms with Gasteiger partial charge in [-0.15, -0.1) is 4.73 Å². The summed E-state index contributed by atoms with van der Waals surface area (Å²) in [7, 11) is 0. The SMILES string of the molecule is O=c1cc(-c2ccc3cc[nH]c3c2)c2cccnc2n1O. The number of hydrogen-bond donors (Lipinski definition) is 2. The van der Waals surface area contributed by atoms with Crippen molar-refractivity contribution in [2.45, 2.75) is 0 Å².